The van der Waals surface area contributed by atoms with E-state index in [0.717, 1.165) is 0 Å². The summed E-state index contributed by atoms with van der Waals surface area (Å²) in [6.45, 7) is 0.227. The summed E-state index contributed by atoms with van der Waals surface area (Å²) in [4.78, 5) is 22.6. The lowest BCUT2D eigenvalue weighted by atomic mass is 10.1. The van der Waals surface area contributed by atoms with E-state index in [1.807, 2.05) is 0 Å². The van der Waals surface area contributed by atoms with Crippen molar-refractivity contribution in [3.63, 3.8) is 0 Å². The maximum atomic E-state index is 13.1. The van der Waals surface area contributed by atoms with Gasteiger partial charge in [-0.15, -0.1) is 5.10 Å². The lowest BCUT2D eigenvalue weighted by Gasteiger charge is -2.04. The van der Waals surface area contributed by atoms with Gasteiger partial charge in [0.05, 0.1) is 29.3 Å². The average Bonchev–Trinajstić information content (AvgIpc) is 2.94. The van der Waals surface area contributed by atoms with Gasteiger partial charge in [-0.2, -0.15) is 0 Å². The molecular weight excluding hydrogens is 303 g/mol. The summed E-state index contributed by atoms with van der Waals surface area (Å²) in [5, 5.41) is 4.53. The van der Waals surface area contributed by atoms with Gasteiger partial charge in [-0.05, 0) is 36.4 Å². The number of esters is 1. The van der Waals surface area contributed by atoms with Crippen LogP contribution in [0.25, 0.3) is 16.6 Å². The zero-order valence-corrected chi connectivity index (χ0v) is 12.0. The van der Waals surface area contributed by atoms with E-state index in [2.05, 4.69) is 5.10 Å². The van der Waals surface area contributed by atoms with Crippen LogP contribution in [-0.2, 0) is 9.53 Å². The summed E-state index contributed by atoms with van der Waals surface area (Å²) in [5.74, 6) is -0.991. The predicted molar refractivity (Wildman–Crippen MR) is 79.1 cm³/mol. The van der Waals surface area contributed by atoms with Crippen LogP contribution >= 0.6 is 0 Å². The number of hydrogen-bond donors (Lipinski definition) is 0. The van der Waals surface area contributed by atoms with Gasteiger partial charge in [0.1, 0.15) is 5.82 Å². The summed E-state index contributed by atoms with van der Waals surface area (Å²) < 4.78 is 24.2. The van der Waals surface area contributed by atoms with Gasteiger partial charge in [-0.25, -0.2) is 13.9 Å². The van der Waals surface area contributed by atoms with Crippen molar-refractivity contribution in [2.75, 3.05) is 7.11 Å². The Morgan fingerprint density at radius 1 is 1.22 bits per heavy atom. The number of rotatable bonds is 4. The number of fused-ring (bicyclic) bond motifs is 1. The van der Waals surface area contributed by atoms with Crippen LogP contribution in [0.2, 0.25) is 0 Å². The van der Waals surface area contributed by atoms with Gasteiger partial charge in [-0.3, -0.25) is 4.79 Å². The standard InChI is InChI=1S/C16H11FN2O4/c1-22-16(21)12-3-2-4-13-14(12)15(23-9-20)18-19(13)11-7-5-10(17)6-8-11/h2-9H,1H3. The minimum absolute atomic E-state index is 0.0275. The molecule has 0 saturated heterocycles. The lowest BCUT2D eigenvalue weighted by molar-refractivity contribution is -0.120. The lowest BCUT2D eigenvalue weighted by Crippen LogP contribution is -2.02. The Bertz CT molecular complexity index is 887. The Morgan fingerprint density at radius 2 is 1.96 bits per heavy atom. The molecule has 116 valence electrons. The van der Waals surface area contributed by atoms with Crippen molar-refractivity contribution in [2.24, 2.45) is 0 Å². The number of ether oxygens (including phenoxy) is 2. The van der Waals surface area contributed by atoms with Crippen LogP contribution in [0.4, 0.5) is 4.39 Å². The maximum absolute atomic E-state index is 13.1. The second-order valence-electron chi connectivity index (χ2n) is 4.60. The number of carbonyl (C=O) groups excluding carboxylic acids is 2. The smallest absolute Gasteiger partial charge is 0.338 e. The molecule has 2 aromatic carbocycles. The molecule has 1 heterocycles. The number of aromatic nitrogens is 2. The summed E-state index contributed by atoms with van der Waals surface area (Å²) in [6.07, 6.45) is 0. The number of nitrogens with zero attached hydrogens (tertiary/aromatic N) is 2. The second-order valence-corrected chi connectivity index (χ2v) is 4.60. The molecule has 3 rings (SSSR count). The molecule has 3 aromatic rings. The Morgan fingerprint density at radius 3 is 2.61 bits per heavy atom. The number of carbonyl (C=O) groups is 2. The van der Waals surface area contributed by atoms with Crippen molar-refractivity contribution in [3.8, 4) is 11.6 Å². The maximum Gasteiger partial charge on any atom is 0.338 e. The van der Waals surface area contributed by atoms with E-state index in [4.69, 9.17) is 9.47 Å². The molecule has 0 N–H and O–H groups in total. The zero-order valence-electron chi connectivity index (χ0n) is 12.0. The highest BCUT2D eigenvalue weighted by Gasteiger charge is 2.20. The van der Waals surface area contributed by atoms with Crippen LogP contribution in [0, 0.1) is 5.82 Å². The van der Waals surface area contributed by atoms with Crippen LogP contribution in [-0.4, -0.2) is 29.3 Å². The molecule has 0 fully saturated rings. The first-order chi connectivity index (χ1) is 11.2. The van der Waals surface area contributed by atoms with Crippen molar-refractivity contribution in [1.29, 1.82) is 0 Å². The van der Waals surface area contributed by atoms with E-state index in [9.17, 15) is 14.0 Å². The number of hydrogen-bond acceptors (Lipinski definition) is 5. The zero-order chi connectivity index (χ0) is 16.4. The number of benzene rings is 2. The third-order valence-corrected chi connectivity index (χ3v) is 3.31. The van der Waals surface area contributed by atoms with Crippen LogP contribution in [0.3, 0.4) is 0 Å². The molecule has 0 amide bonds. The third-order valence-electron chi connectivity index (χ3n) is 3.31. The molecule has 6 nitrogen and oxygen atoms in total. The van der Waals surface area contributed by atoms with E-state index >= 15 is 0 Å². The molecule has 1 aromatic heterocycles. The molecule has 0 aliphatic carbocycles. The normalized spacial score (nSPS) is 10.5. The fourth-order valence-electron chi connectivity index (χ4n) is 2.32. The van der Waals surface area contributed by atoms with Crippen molar-refractivity contribution in [3.05, 3.63) is 53.8 Å². The van der Waals surface area contributed by atoms with Gasteiger partial charge in [-0.1, -0.05) is 6.07 Å². The van der Waals surface area contributed by atoms with E-state index in [1.165, 1.54) is 36.1 Å². The van der Waals surface area contributed by atoms with Crippen molar-refractivity contribution >= 4 is 23.3 Å². The van der Waals surface area contributed by atoms with E-state index in [0.29, 0.717) is 16.6 Å². The average molecular weight is 314 g/mol. The Balaban J connectivity index is 2.30. The second kappa shape index (κ2) is 5.88. The quantitative estimate of drug-likeness (QED) is 0.546. The minimum atomic E-state index is -0.579. The van der Waals surface area contributed by atoms with Crippen LogP contribution in [0.15, 0.2) is 42.5 Å². The number of methoxy groups -OCH3 is 1. The molecule has 7 heteroatoms. The Hall–Kier alpha value is -3.22. The van der Waals surface area contributed by atoms with Crippen molar-refractivity contribution in [1.82, 2.24) is 9.78 Å². The molecule has 0 spiro atoms. The van der Waals surface area contributed by atoms with E-state index in [1.54, 1.807) is 18.2 Å². The minimum Gasteiger partial charge on any atom is -0.465 e. The summed E-state index contributed by atoms with van der Waals surface area (Å²) in [7, 11) is 1.26. The van der Waals surface area contributed by atoms with Crippen molar-refractivity contribution < 1.29 is 23.5 Å². The van der Waals surface area contributed by atoms with Gasteiger partial charge >= 0.3 is 5.97 Å². The van der Waals surface area contributed by atoms with E-state index in [-0.39, 0.29) is 23.7 Å². The van der Waals surface area contributed by atoms with Gasteiger partial charge in [0.25, 0.3) is 6.47 Å². The molecule has 0 saturated carbocycles. The van der Waals surface area contributed by atoms with Gasteiger partial charge in [0.15, 0.2) is 0 Å². The molecule has 0 unspecified atom stereocenters. The van der Waals surface area contributed by atoms with Crippen molar-refractivity contribution in [2.45, 2.75) is 0 Å². The Labute approximate surface area is 130 Å². The highest BCUT2D eigenvalue weighted by atomic mass is 19.1. The van der Waals surface area contributed by atoms with Crippen LogP contribution in [0.1, 0.15) is 10.4 Å². The van der Waals surface area contributed by atoms with Crippen LogP contribution in [0.5, 0.6) is 5.88 Å². The first-order valence-corrected chi connectivity index (χ1v) is 6.62. The van der Waals surface area contributed by atoms with Gasteiger partial charge in [0, 0.05) is 0 Å². The Kier molecular flexibility index (Phi) is 3.76. The highest BCUT2D eigenvalue weighted by Crippen LogP contribution is 2.31. The first kappa shape index (κ1) is 14.7. The molecule has 0 radical (unpaired) electrons. The summed E-state index contributed by atoms with van der Waals surface area (Å²) >= 11 is 0. The molecule has 0 aliphatic heterocycles. The SMILES string of the molecule is COC(=O)c1cccc2c1c(OC=O)nn2-c1ccc(F)cc1. The van der Waals surface area contributed by atoms with E-state index < -0.39 is 5.97 Å². The third kappa shape index (κ3) is 2.52. The molecule has 0 bridgehead atoms. The van der Waals surface area contributed by atoms with Gasteiger partial charge in [0.2, 0.25) is 5.88 Å². The molecule has 0 atom stereocenters. The number of halogens is 1. The summed E-state index contributed by atoms with van der Waals surface area (Å²) in [6, 6.07) is 10.5. The fourth-order valence-corrected chi connectivity index (χ4v) is 2.32. The summed E-state index contributed by atoms with van der Waals surface area (Å²) in [5.41, 5.74) is 1.30. The fraction of sp³-hybridized carbons (Fsp3) is 0.0625. The first-order valence-electron chi connectivity index (χ1n) is 6.62. The molecular formula is C16H11FN2O4. The molecule has 0 aliphatic rings. The predicted octanol–water partition coefficient (Wildman–Crippen LogP) is 2.49. The highest BCUT2D eigenvalue weighted by molar-refractivity contribution is 6.06. The monoisotopic (exact) mass is 314 g/mol. The molecule has 23 heavy (non-hydrogen) atoms. The topological polar surface area (TPSA) is 70.4 Å². The van der Waals surface area contributed by atoms with Crippen LogP contribution < -0.4 is 4.74 Å². The van der Waals surface area contributed by atoms with Gasteiger partial charge < -0.3 is 9.47 Å². The largest absolute Gasteiger partial charge is 0.465 e.